The smallest absolute Gasteiger partial charge is 0.270 e. The average Bonchev–Trinajstić information content (AvgIpc) is 2.49. The standard InChI is InChI=1S/C15H15IN2O3/c1-10(11-3-6-13(21-2)7-4-11)17-15-8-5-12(18(19)20)9-14(15)16/h3-10,17H,1-2H3. The van der Waals surface area contributed by atoms with Crippen LogP contribution in [0.3, 0.4) is 0 Å². The molecule has 1 atom stereocenters. The van der Waals surface area contributed by atoms with E-state index in [-0.39, 0.29) is 11.7 Å². The molecular formula is C15H15IN2O3. The van der Waals surface area contributed by atoms with Crippen LogP contribution in [0.1, 0.15) is 18.5 Å². The highest BCUT2D eigenvalue weighted by atomic mass is 127. The summed E-state index contributed by atoms with van der Waals surface area (Å²) >= 11 is 2.10. The van der Waals surface area contributed by atoms with E-state index in [0.717, 1.165) is 20.6 Å². The number of non-ortho nitro benzene ring substituents is 1. The Bertz CT molecular complexity index is 644. The van der Waals surface area contributed by atoms with Crippen LogP contribution in [-0.4, -0.2) is 12.0 Å². The lowest BCUT2D eigenvalue weighted by Crippen LogP contribution is -2.07. The highest BCUT2D eigenvalue weighted by Gasteiger charge is 2.11. The van der Waals surface area contributed by atoms with Crippen molar-refractivity contribution in [3.63, 3.8) is 0 Å². The van der Waals surface area contributed by atoms with Gasteiger partial charge in [-0.1, -0.05) is 12.1 Å². The molecule has 0 aliphatic carbocycles. The van der Waals surface area contributed by atoms with Gasteiger partial charge in [0.25, 0.3) is 5.69 Å². The summed E-state index contributed by atoms with van der Waals surface area (Å²) in [7, 11) is 1.63. The summed E-state index contributed by atoms with van der Waals surface area (Å²) in [6, 6.07) is 12.7. The lowest BCUT2D eigenvalue weighted by molar-refractivity contribution is -0.384. The first-order valence-corrected chi connectivity index (χ1v) is 7.43. The number of hydrogen-bond acceptors (Lipinski definition) is 4. The van der Waals surface area contributed by atoms with Crippen molar-refractivity contribution in [3.8, 4) is 5.75 Å². The molecule has 2 rings (SSSR count). The van der Waals surface area contributed by atoms with Crippen molar-refractivity contribution in [2.45, 2.75) is 13.0 Å². The van der Waals surface area contributed by atoms with Crippen molar-refractivity contribution in [1.29, 1.82) is 0 Å². The van der Waals surface area contributed by atoms with Gasteiger partial charge in [0.15, 0.2) is 0 Å². The van der Waals surface area contributed by atoms with E-state index in [9.17, 15) is 10.1 Å². The fourth-order valence-corrected chi connectivity index (χ4v) is 2.60. The molecule has 0 spiro atoms. The van der Waals surface area contributed by atoms with E-state index in [1.807, 2.05) is 31.2 Å². The molecule has 21 heavy (non-hydrogen) atoms. The van der Waals surface area contributed by atoms with Crippen molar-refractivity contribution in [1.82, 2.24) is 0 Å². The number of benzene rings is 2. The molecule has 110 valence electrons. The van der Waals surface area contributed by atoms with Crippen LogP contribution in [0.25, 0.3) is 0 Å². The zero-order chi connectivity index (χ0) is 15.4. The van der Waals surface area contributed by atoms with Gasteiger partial charge in [-0.2, -0.15) is 0 Å². The van der Waals surface area contributed by atoms with E-state index in [1.54, 1.807) is 19.2 Å². The SMILES string of the molecule is COc1ccc(C(C)Nc2ccc([N+](=O)[O-])cc2I)cc1. The minimum absolute atomic E-state index is 0.0888. The number of anilines is 1. The van der Waals surface area contributed by atoms with E-state index in [4.69, 9.17) is 4.74 Å². The second-order valence-corrected chi connectivity index (χ2v) is 5.72. The number of nitrogens with zero attached hydrogens (tertiary/aromatic N) is 1. The van der Waals surface area contributed by atoms with Gasteiger partial charge >= 0.3 is 0 Å². The topological polar surface area (TPSA) is 64.4 Å². The number of nitro groups is 1. The van der Waals surface area contributed by atoms with E-state index in [0.29, 0.717) is 0 Å². The molecule has 1 N–H and O–H groups in total. The van der Waals surface area contributed by atoms with Crippen molar-refractivity contribution in [2.24, 2.45) is 0 Å². The van der Waals surface area contributed by atoms with E-state index in [1.165, 1.54) is 6.07 Å². The van der Waals surface area contributed by atoms with Gasteiger partial charge in [0.05, 0.1) is 12.0 Å². The van der Waals surface area contributed by atoms with Crippen LogP contribution in [0, 0.1) is 13.7 Å². The minimum Gasteiger partial charge on any atom is -0.497 e. The molecule has 1 unspecified atom stereocenters. The van der Waals surface area contributed by atoms with E-state index < -0.39 is 4.92 Å². The first-order chi connectivity index (χ1) is 10.0. The second kappa shape index (κ2) is 6.75. The molecule has 0 bridgehead atoms. The zero-order valence-electron chi connectivity index (χ0n) is 11.7. The highest BCUT2D eigenvalue weighted by Crippen LogP contribution is 2.27. The Balaban J connectivity index is 2.14. The van der Waals surface area contributed by atoms with E-state index >= 15 is 0 Å². The van der Waals surface area contributed by atoms with Crippen molar-refractivity contribution < 1.29 is 9.66 Å². The van der Waals surface area contributed by atoms with Crippen molar-refractivity contribution in [3.05, 3.63) is 61.7 Å². The monoisotopic (exact) mass is 398 g/mol. The lowest BCUT2D eigenvalue weighted by atomic mass is 10.1. The Morgan fingerprint density at radius 1 is 1.24 bits per heavy atom. The third-order valence-electron chi connectivity index (χ3n) is 3.15. The van der Waals surface area contributed by atoms with Crippen LogP contribution in [0.15, 0.2) is 42.5 Å². The van der Waals surface area contributed by atoms with Gasteiger partial charge < -0.3 is 10.1 Å². The number of nitro benzene ring substituents is 1. The molecule has 0 saturated heterocycles. The largest absolute Gasteiger partial charge is 0.497 e. The molecule has 0 aliphatic rings. The van der Waals surface area contributed by atoms with Crippen molar-refractivity contribution >= 4 is 34.0 Å². The Morgan fingerprint density at radius 2 is 1.90 bits per heavy atom. The Kier molecular flexibility index (Phi) is 5.00. The van der Waals surface area contributed by atoms with Crippen LogP contribution in [0.4, 0.5) is 11.4 Å². The molecule has 0 saturated carbocycles. The molecule has 0 amide bonds. The van der Waals surface area contributed by atoms with Crippen LogP contribution >= 0.6 is 22.6 Å². The molecule has 0 radical (unpaired) electrons. The van der Waals surface area contributed by atoms with Gasteiger partial charge in [-0.3, -0.25) is 10.1 Å². The third kappa shape index (κ3) is 3.84. The predicted octanol–water partition coefficient (Wildman–Crippen LogP) is 4.38. The maximum Gasteiger partial charge on any atom is 0.270 e. The maximum atomic E-state index is 10.7. The second-order valence-electron chi connectivity index (χ2n) is 4.56. The number of ether oxygens (including phenoxy) is 1. The average molecular weight is 398 g/mol. The molecular weight excluding hydrogens is 383 g/mol. The quantitative estimate of drug-likeness (QED) is 0.461. The summed E-state index contributed by atoms with van der Waals surface area (Å²) in [5, 5.41) is 14.1. The Labute approximate surface area is 136 Å². The summed E-state index contributed by atoms with van der Waals surface area (Å²) in [5.74, 6) is 0.816. The van der Waals surface area contributed by atoms with Crippen LogP contribution in [0.2, 0.25) is 0 Å². The van der Waals surface area contributed by atoms with Crippen LogP contribution in [0.5, 0.6) is 5.75 Å². The minimum atomic E-state index is -0.390. The Hall–Kier alpha value is -1.83. The summed E-state index contributed by atoms with van der Waals surface area (Å²) < 4.78 is 5.96. The number of nitrogens with one attached hydrogen (secondary N) is 1. The van der Waals surface area contributed by atoms with Crippen LogP contribution in [-0.2, 0) is 0 Å². The molecule has 2 aromatic carbocycles. The maximum absolute atomic E-state index is 10.7. The zero-order valence-corrected chi connectivity index (χ0v) is 13.8. The molecule has 0 aliphatic heterocycles. The summed E-state index contributed by atoms with van der Waals surface area (Å²) in [6.45, 7) is 2.04. The molecule has 2 aromatic rings. The lowest BCUT2D eigenvalue weighted by Gasteiger charge is -2.17. The fraction of sp³-hybridized carbons (Fsp3) is 0.200. The summed E-state index contributed by atoms with van der Waals surface area (Å²) in [4.78, 5) is 10.3. The third-order valence-corrected chi connectivity index (χ3v) is 4.04. The predicted molar refractivity (Wildman–Crippen MR) is 90.8 cm³/mol. The van der Waals surface area contributed by atoms with Gasteiger partial charge in [-0.25, -0.2) is 0 Å². The highest BCUT2D eigenvalue weighted by molar-refractivity contribution is 14.1. The first kappa shape index (κ1) is 15.6. The van der Waals surface area contributed by atoms with Gasteiger partial charge in [-0.05, 0) is 53.3 Å². The fourth-order valence-electron chi connectivity index (χ4n) is 1.94. The van der Waals surface area contributed by atoms with Gasteiger partial charge in [-0.15, -0.1) is 0 Å². The number of halogens is 1. The molecule has 6 heteroatoms. The molecule has 0 fully saturated rings. The summed E-state index contributed by atoms with van der Waals surface area (Å²) in [6.07, 6.45) is 0. The van der Waals surface area contributed by atoms with Crippen LogP contribution < -0.4 is 10.1 Å². The Morgan fingerprint density at radius 3 is 2.43 bits per heavy atom. The number of rotatable bonds is 5. The number of hydrogen-bond donors (Lipinski definition) is 1. The van der Waals surface area contributed by atoms with Gasteiger partial charge in [0.1, 0.15) is 5.75 Å². The van der Waals surface area contributed by atoms with E-state index in [2.05, 4.69) is 27.9 Å². The molecule has 0 heterocycles. The molecule has 0 aromatic heterocycles. The van der Waals surface area contributed by atoms with Gasteiger partial charge in [0.2, 0.25) is 0 Å². The normalized spacial score (nSPS) is 11.8. The van der Waals surface area contributed by atoms with Crippen molar-refractivity contribution in [2.75, 3.05) is 12.4 Å². The van der Waals surface area contributed by atoms with Gasteiger partial charge in [0, 0.05) is 27.4 Å². The molecule has 5 nitrogen and oxygen atoms in total. The number of methoxy groups -OCH3 is 1. The first-order valence-electron chi connectivity index (χ1n) is 6.35. The summed E-state index contributed by atoms with van der Waals surface area (Å²) in [5.41, 5.74) is 2.09.